The van der Waals surface area contributed by atoms with E-state index in [4.69, 9.17) is 9.15 Å². The second-order valence-corrected chi connectivity index (χ2v) is 8.24. The molecule has 0 aliphatic carbocycles. The van der Waals surface area contributed by atoms with Gasteiger partial charge in [0.2, 0.25) is 10.0 Å². The van der Waals surface area contributed by atoms with E-state index in [1.54, 1.807) is 24.3 Å². The Morgan fingerprint density at radius 1 is 1.00 bits per heavy atom. The first-order valence-corrected chi connectivity index (χ1v) is 11.0. The van der Waals surface area contributed by atoms with Crippen LogP contribution in [0.2, 0.25) is 0 Å². The Morgan fingerprint density at radius 2 is 1.71 bits per heavy atom. The van der Waals surface area contributed by atoms with E-state index in [9.17, 15) is 18.0 Å². The average molecular weight is 442 g/mol. The Balaban J connectivity index is 1.58. The van der Waals surface area contributed by atoms with Crippen LogP contribution in [0.1, 0.15) is 23.0 Å². The number of ether oxygens (including phenoxy) is 1. The molecular weight excluding hydrogens is 420 g/mol. The maximum Gasteiger partial charge on any atom is 0.338 e. The summed E-state index contributed by atoms with van der Waals surface area (Å²) in [7, 11) is -3.77. The van der Waals surface area contributed by atoms with E-state index in [0.29, 0.717) is 18.0 Å². The molecule has 0 saturated heterocycles. The van der Waals surface area contributed by atoms with Crippen molar-refractivity contribution in [1.29, 1.82) is 0 Å². The fraction of sp³-hybridized carbons (Fsp3) is 0.182. The van der Waals surface area contributed by atoms with Gasteiger partial charge < -0.3 is 14.1 Å². The number of carbonyl (C=O) groups excluding carboxylic acids is 2. The number of nitrogens with one attached hydrogen (secondary N) is 1. The lowest BCUT2D eigenvalue weighted by atomic mass is 10.2. The Hall–Kier alpha value is -3.43. The number of anilines is 1. The molecule has 0 radical (unpaired) electrons. The molecule has 1 heterocycles. The summed E-state index contributed by atoms with van der Waals surface area (Å²) in [5, 5.41) is 0. The van der Waals surface area contributed by atoms with E-state index in [0.717, 1.165) is 0 Å². The summed E-state index contributed by atoms with van der Waals surface area (Å²) >= 11 is 0. The van der Waals surface area contributed by atoms with Gasteiger partial charge in [0.1, 0.15) is 5.76 Å². The van der Waals surface area contributed by atoms with Crippen molar-refractivity contribution in [2.24, 2.45) is 0 Å². The van der Waals surface area contributed by atoms with Gasteiger partial charge >= 0.3 is 5.97 Å². The number of esters is 1. The number of benzene rings is 2. The zero-order valence-corrected chi connectivity index (χ0v) is 17.7. The van der Waals surface area contributed by atoms with Gasteiger partial charge in [0.25, 0.3) is 5.91 Å². The second kappa shape index (κ2) is 10.1. The number of carbonyl (C=O) groups is 2. The molecule has 0 unspecified atom stereocenters. The number of hydrogen-bond donors (Lipinski definition) is 1. The molecule has 8 nitrogen and oxygen atoms in total. The SMILES string of the molecule is CCN(C(=O)COC(=O)c1ccc(S(=O)(=O)NCc2ccco2)cc1)c1ccccc1. The first kappa shape index (κ1) is 22.3. The molecule has 0 aliphatic heterocycles. The zero-order valence-electron chi connectivity index (χ0n) is 16.9. The third-order valence-corrected chi connectivity index (χ3v) is 5.85. The molecule has 0 bridgehead atoms. The fourth-order valence-corrected chi connectivity index (χ4v) is 3.83. The number of likely N-dealkylation sites (N-methyl/N-ethyl adjacent to an activating group) is 1. The van der Waals surface area contributed by atoms with E-state index in [1.165, 1.54) is 35.4 Å². The smallest absolute Gasteiger partial charge is 0.338 e. The Bertz CT molecular complexity index is 1110. The predicted octanol–water partition coefficient (Wildman–Crippen LogP) is 2.97. The van der Waals surface area contributed by atoms with Crippen molar-refractivity contribution >= 4 is 27.6 Å². The topological polar surface area (TPSA) is 106 Å². The molecular formula is C22H22N2O6S. The van der Waals surface area contributed by atoms with Crippen LogP contribution in [-0.2, 0) is 26.1 Å². The molecule has 0 saturated carbocycles. The molecule has 3 aromatic rings. The van der Waals surface area contributed by atoms with Gasteiger partial charge in [0, 0.05) is 12.2 Å². The lowest BCUT2D eigenvalue weighted by Gasteiger charge is -2.20. The molecule has 2 aromatic carbocycles. The van der Waals surface area contributed by atoms with Crippen LogP contribution < -0.4 is 9.62 Å². The highest BCUT2D eigenvalue weighted by atomic mass is 32.2. The van der Waals surface area contributed by atoms with Gasteiger partial charge in [-0.1, -0.05) is 18.2 Å². The quantitative estimate of drug-likeness (QED) is 0.511. The molecule has 1 amide bonds. The normalized spacial score (nSPS) is 11.1. The number of rotatable bonds is 9. The zero-order chi connectivity index (χ0) is 22.3. The van der Waals surface area contributed by atoms with E-state index in [-0.39, 0.29) is 22.9 Å². The number of hydrogen-bond acceptors (Lipinski definition) is 6. The van der Waals surface area contributed by atoms with E-state index < -0.39 is 22.6 Å². The van der Waals surface area contributed by atoms with Crippen LogP contribution in [0.5, 0.6) is 0 Å². The van der Waals surface area contributed by atoms with Gasteiger partial charge in [0.15, 0.2) is 6.61 Å². The van der Waals surface area contributed by atoms with Crippen molar-refractivity contribution in [3.8, 4) is 0 Å². The molecule has 0 fully saturated rings. The van der Waals surface area contributed by atoms with Crippen molar-refractivity contribution in [3.05, 3.63) is 84.3 Å². The van der Waals surface area contributed by atoms with Gasteiger partial charge in [-0.05, 0) is 55.5 Å². The van der Waals surface area contributed by atoms with Crippen LogP contribution in [0.4, 0.5) is 5.69 Å². The summed E-state index contributed by atoms with van der Waals surface area (Å²) in [4.78, 5) is 26.2. The molecule has 1 N–H and O–H groups in total. The Morgan fingerprint density at radius 3 is 2.32 bits per heavy atom. The summed E-state index contributed by atoms with van der Waals surface area (Å²) in [6, 6.07) is 17.6. The van der Waals surface area contributed by atoms with Crippen molar-refractivity contribution < 1.29 is 27.2 Å². The van der Waals surface area contributed by atoms with Crippen LogP contribution in [0.25, 0.3) is 0 Å². The number of amides is 1. The average Bonchev–Trinajstić information content (AvgIpc) is 3.31. The molecule has 9 heteroatoms. The van der Waals surface area contributed by atoms with E-state index in [1.807, 2.05) is 25.1 Å². The molecule has 0 atom stereocenters. The fourth-order valence-electron chi connectivity index (χ4n) is 2.83. The van der Waals surface area contributed by atoms with E-state index >= 15 is 0 Å². The standard InChI is InChI=1S/C22H22N2O6S/c1-2-24(18-7-4-3-5-8-18)21(25)16-30-22(26)17-10-12-20(13-11-17)31(27,28)23-15-19-9-6-14-29-19/h3-14,23H,2,15-16H2,1H3. The van der Waals surface area contributed by atoms with Crippen molar-refractivity contribution in [3.63, 3.8) is 0 Å². The van der Waals surface area contributed by atoms with Gasteiger partial charge in [-0.3, -0.25) is 4.79 Å². The van der Waals surface area contributed by atoms with Crippen LogP contribution >= 0.6 is 0 Å². The molecule has 31 heavy (non-hydrogen) atoms. The molecule has 162 valence electrons. The number of sulfonamides is 1. The minimum absolute atomic E-state index is 0.00656. The summed E-state index contributed by atoms with van der Waals surface area (Å²) in [6.07, 6.45) is 1.45. The highest BCUT2D eigenvalue weighted by Gasteiger charge is 2.18. The van der Waals surface area contributed by atoms with Gasteiger partial charge in [-0.25, -0.2) is 17.9 Å². The summed E-state index contributed by atoms with van der Waals surface area (Å²) in [5.74, 6) is -0.599. The lowest BCUT2D eigenvalue weighted by molar-refractivity contribution is -0.121. The highest BCUT2D eigenvalue weighted by Crippen LogP contribution is 2.15. The highest BCUT2D eigenvalue weighted by molar-refractivity contribution is 7.89. The monoisotopic (exact) mass is 442 g/mol. The largest absolute Gasteiger partial charge is 0.468 e. The maximum absolute atomic E-state index is 12.4. The minimum Gasteiger partial charge on any atom is -0.468 e. The summed E-state index contributed by atoms with van der Waals surface area (Å²) in [5.41, 5.74) is 0.850. The predicted molar refractivity (Wildman–Crippen MR) is 114 cm³/mol. The first-order valence-electron chi connectivity index (χ1n) is 9.55. The van der Waals surface area contributed by atoms with Gasteiger partial charge in [-0.15, -0.1) is 0 Å². The minimum atomic E-state index is -3.77. The van der Waals surface area contributed by atoms with Crippen LogP contribution in [0.15, 0.2) is 82.3 Å². The number of furan rings is 1. The van der Waals surface area contributed by atoms with Crippen LogP contribution in [-0.4, -0.2) is 33.4 Å². The second-order valence-electron chi connectivity index (χ2n) is 6.48. The maximum atomic E-state index is 12.4. The number of para-hydroxylation sites is 1. The van der Waals surface area contributed by atoms with E-state index in [2.05, 4.69) is 4.72 Å². The molecule has 0 spiro atoms. The lowest BCUT2D eigenvalue weighted by Crippen LogP contribution is -2.34. The van der Waals surface area contributed by atoms with Crippen molar-refractivity contribution in [2.75, 3.05) is 18.1 Å². The first-order chi connectivity index (χ1) is 14.9. The third-order valence-electron chi connectivity index (χ3n) is 4.43. The molecule has 1 aromatic heterocycles. The van der Waals surface area contributed by atoms with Gasteiger partial charge in [0.05, 0.1) is 23.3 Å². The van der Waals surface area contributed by atoms with Crippen molar-refractivity contribution in [2.45, 2.75) is 18.4 Å². The summed E-state index contributed by atoms with van der Waals surface area (Å²) in [6.45, 7) is 1.84. The van der Waals surface area contributed by atoms with Gasteiger partial charge in [-0.2, -0.15) is 0 Å². The Kier molecular flexibility index (Phi) is 7.22. The van der Waals surface area contributed by atoms with Crippen LogP contribution in [0, 0.1) is 0 Å². The van der Waals surface area contributed by atoms with Crippen molar-refractivity contribution in [1.82, 2.24) is 4.72 Å². The number of nitrogens with zero attached hydrogens (tertiary/aromatic N) is 1. The summed E-state index contributed by atoms with van der Waals surface area (Å²) < 4.78 is 37.3. The van der Waals surface area contributed by atoms with Crippen LogP contribution in [0.3, 0.4) is 0 Å². The Labute approximate surface area is 180 Å². The third kappa shape index (κ3) is 5.80. The molecule has 3 rings (SSSR count). The molecule has 0 aliphatic rings.